The highest BCUT2D eigenvalue weighted by Gasteiger charge is 2.10. The molecule has 6 heteroatoms. The maximum Gasteiger partial charge on any atom is 0.305 e. The zero-order valence-electron chi connectivity index (χ0n) is 13.1. The van der Waals surface area contributed by atoms with Crippen LogP contribution < -0.4 is 5.32 Å². The highest BCUT2D eigenvalue weighted by molar-refractivity contribution is 6.31. The average molecular weight is 332 g/mol. The molecule has 0 fully saturated rings. The predicted molar refractivity (Wildman–Crippen MR) is 90.4 cm³/mol. The van der Waals surface area contributed by atoms with E-state index in [0.717, 1.165) is 5.39 Å². The molecule has 2 aromatic rings. The van der Waals surface area contributed by atoms with Crippen LogP contribution in [0.15, 0.2) is 24.3 Å². The molecular formula is C17H18ClN3O2. The number of carbonyl (C=O) groups excluding carboxylic acids is 1. The maximum absolute atomic E-state index is 11.4. The van der Waals surface area contributed by atoms with Crippen LogP contribution in [-0.2, 0) is 9.53 Å². The fourth-order valence-corrected chi connectivity index (χ4v) is 2.43. The van der Waals surface area contributed by atoms with Gasteiger partial charge in [0.2, 0.25) is 0 Å². The Bertz CT molecular complexity index is 755. The first-order chi connectivity index (χ1) is 11.0. The lowest BCUT2D eigenvalue weighted by atomic mass is 10.1. The summed E-state index contributed by atoms with van der Waals surface area (Å²) < 4.78 is 4.91. The van der Waals surface area contributed by atoms with Crippen molar-refractivity contribution in [3.8, 4) is 6.07 Å². The molecule has 1 unspecified atom stereocenters. The number of rotatable bonds is 6. The minimum atomic E-state index is -0.208. The van der Waals surface area contributed by atoms with Crippen molar-refractivity contribution in [1.82, 2.24) is 4.98 Å². The summed E-state index contributed by atoms with van der Waals surface area (Å²) in [5.41, 5.74) is 1.21. The van der Waals surface area contributed by atoms with Crippen LogP contribution in [0, 0.1) is 11.3 Å². The molecule has 0 saturated heterocycles. The van der Waals surface area contributed by atoms with Gasteiger partial charge in [0, 0.05) is 22.9 Å². The molecule has 23 heavy (non-hydrogen) atoms. The fourth-order valence-electron chi connectivity index (χ4n) is 2.26. The van der Waals surface area contributed by atoms with Gasteiger partial charge in [0.15, 0.2) is 0 Å². The Morgan fingerprint density at radius 2 is 2.26 bits per heavy atom. The third kappa shape index (κ3) is 4.57. The Morgan fingerprint density at radius 3 is 2.96 bits per heavy atom. The number of nitrogens with zero attached hydrogens (tertiary/aromatic N) is 2. The maximum atomic E-state index is 11.4. The summed E-state index contributed by atoms with van der Waals surface area (Å²) in [6.45, 7) is 4.13. The first kappa shape index (κ1) is 17.0. The first-order valence-electron chi connectivity index (χ1n) is 7.46. The Kier molecular flexibility index (Phi) is 5.78. The molecule has 0 bridgehead atoms. The summed E-state index contributed by atoms with van der Waals surface area (Å²) in [6, 6.07) is 9.15. The summed E-state index contributed by atoms with van der Waals surface area (Å²) in [7, 11) is 0. The highest BCUT2D eigenvalue weighted by atomic mass is 35.5. The van der Waals surface area contributed by atoms with Crippen LogP contribution in [0.4, 0.5) is 5.82 Å². The van der Waals surface area contributed by atoms with Crippen molar-refractivity contribution in [3.05, 3.63) is 34.9 Å². The van der Waals surface area contributed by atoms with Gasteiger partial charge in [-0.05, 0) is 44.5 Å². The second kappa shape index (κ2) is 7.80. The van der Waals surface area contributed by atoms with Gasteiger partial charge in [0.05, 0.1) is 23.8 Å². The second-order valence-corrected chi connectivity index (χ2v) is 5.65. The third-order valence-electron chi connectivity index (χ3n) is 3.37. The first-order valence-corrected chi connectivity index (χ1v) is 7.84. The van der Waals surface area contributed by atoms with Crippen LogP contribution >= 0.6 is 11.6 Å². The summed E-state index contributed by atoms with van der Waals surface area (Å²) in [4.78, 5) is 15.9. The van der Waals surface area contributed by atoms with Crippen LogP contribution in [0.1, 0.15) is 32.3 Å². The van der Waals surface area contributed by atoms with E-state index in [2.05, 4.69) is 16.4 Å². The zero-order chi connectivity index (χ0) is 16.8. The lowest BCUT2D eigenvalue weighted by Gasteiger charge is -2.15. The van der Waals surface area contributed by atoms with E-state index in [9.17, 15) is 10.1 Å². The Labute approximate surface area is 140 Å². The number of aromatic nitrogens is 1. The molecule has 0 amide bonds. The van der Waals surface area contributed by atoms with Crippen LogP contribution in [0.2, 0.25) is 5.02 Å². The number of nitrogens with one attached hydrogen (secondary N) is 1. The van der Waals surface area contributed by atoms with Gasteiger partial charge < -0.3 is 10.1 Å². The predicted octanol–water partition coefficient (Wildman–Crippen LogP) is 3.90. The summed E-state index contributed by atoms with van der Waals surface area (Å²) >= 11 is 5.97. The minimum Gasteiger partial charge on any atom is -0.466 e. The van der Waals surface area contributed by atoms with Crippen molar-refractivity contribution >= 4 is 34.3 Å². The number of pyridine rings is 1. The normalized spacial score (nSPS) is 11.7. The van der Waals surface area contributed by atoms with E-state index >= 15 is 0 Å². The molecule has 120 valence electrons. The van der Waals surface area contributed by atoms with Crippen molar-refractivity contribution in [1.29, 1.82) is 5.26 Å². The lowest BCUT2D eigenvalue weighted by molar-refractivity contribution is -0.143. The molecule has 0 aliphatic carbocycles. The van der Waals surface area contributed by atoms with Crippen molar-refractivity contribution in [2.75, 3.05) is 11.9 Å². The molecule has 2 rings (SSSR count). The minimum absolute atomic E-state index is 0.0307. The number of halogens is 1. The summed E-state index contributed by atoms with van der Waals surface area (Å²) in [5.74, 6) is 0.396. The Hall–Kier alpha value is -2.32. The molecule has 1 atom stereocenters. The SMILES string of the molecule is CCOC(=O)CCC(C)Nc1cc(C#N)c2cc(Cl)ccc2n1. The van der Waals surface area contributed by atoms with Crippen LogP contribution in [0.5, 0.6) is 0 Å². The average Bonchev–Trinajstić information content (AvgIpc) is 2.53. The number of fused-ring (bicyclic) bond motifs is 1. The van der Waals surface area contributed by atoms with E-state index in [1.54, 1.807) is 31.2 Å². The van der Waals surface area contributed by atoms with E-state index in [1.807, 2.05) is 6.92 Å². The smallest absolute Gasteiger partial charge is 0.305 e. The van der Waals surface area contributed by atoms with Crippen molar-refractivity contribution in [2.45, 2.75) is 32.7 Å². The molecule has 0 aliphatic heterocycles. The largest absolute Gasteiger partial charge is 0.466 e. The fraction of sp³-hybridized carbons (Fsp3) is 0.353. The van der Waals surface area contributed by atoms with Gasteiger partial charge in [-0.1, -0.05) is 11.6 Å². The van der Waals surface area contributed by atoms with Gasteiger partial charge in [-0.25, -0.2) is 4.98 Å². The number of carbonyl (C=O) groups is 1. The van der Waals surface area contributed by atoms with E-state index in [1.165, 1.54) is 0 Å². The van der Waals surface area contributed by atoms with Crippen LogP contribution in [0.3, 0.4) is 0 Å². The molecule has 0 saturated carbocycles. The quantitative estimate of drug-likeness (QED) is 0.812. The molecule has 1 N–H and O–H groups in total. The van der Waals surface area contributed by atoms with E-state index in [0.29, 0.717) is 41.4 Å². The van der Waals surface area contributed by atoms with Gasteiger partial charge >= 0.3 is 5.97 Å². The van der Waals surface area contributed by atoms with E-state index < -0.39 is 0 Å². The molecule has 0 aliphatic rings. The number of ether oxygens (including phenoxy) is 1. The van der Waals surface area contributed by atoms with Crippen LogP contribution in [-0.4, -0.2) is 23.6 Å². The topological polar surface area (TPSA) is 75.0 Å². The number of benzene rings is 1. The molecule has 5 nitrogen and oxygen atoms in total. The number of hydrogen-bond acceptors (Lipinski definition) is 5. The number of hydrogen-bond donors (Lipinski definition) is 1. The molecule has 1 aromatic carbocycles. The highest BCUT2D eigenvalue weighted by Crippen LogP contribution is 2.24. The van der Waals surface area contributed by atoms with Crippen LogP contribution in [0.25, 0.3) is 10.9 Å². The van der Waals surface area contributed by atoms with Gasteiger partial charge in [0.1, 0.15) is 5.82 Å². The van der Waals surface area contributed by atoms with Crippen molar-refractivity contribution in [3.63, 3.8) is 0 Å². The molecule has 1 aromatic heterocycles. The number of nitriles is 1. The number of esters is 1. The second-order valence-electron chi connectivity index (χ2n) is 5.22. The van der Waals surface area contributed by atoms with Crippen molar-refractivity contribution < 1.29 is 9.53 Å². The zero-order valence-corrected chi connectivity index (χ0v) is 13.9. The third-order valence-corrected chi connectivity index (χ3v) is 3.61. The molecule has 1 heterocycles. The molecule has 0 radical (unpaired) electrons. The van der Waals surface area contributed by atoms with Crippen molar-refractivity contribution in [2.24, 2.45) is 0 Å². The van der Waals surface area contributed by atoms with Gasteiger partial charge in [-0.3, -0.25) is 4.79 Å². The summed E-state index contributed by atoms with van der Waals surface area (Å²) in [6.07, 6.45) is 0.970. The Morgan fingerprint density at radius 1 is 1.48 bits per heavy atom. The number of anilines is 1. The van der Waals surface area contributed by atoms with Gasteiger partial charge in [-0.15, -0.1) is 0 Å². The van der Waals surface area contributed by atoms with E-state index in [-0.39, 0.29) is 12.0 Å². The molecular weight excluding hydrogens is 314 g/mol. The van der Waals surface area contributed by atoms with E-state index in [4.69, 9.17) is 16.3 Å². The molecule has 0 spiro atoms. The Balaban J connectivity index is 2.13. The standard InChI is InChI=1S/C17H18ClN3O2/c1-3-23-17(22)7-4-11(2)20-16-8-12(10-19)14-9-13(18)5-6-15(14)21-16/h5-6,8-9,11H,3-4,7H2,1-2H3,(H,20,21). The monoisotopic (exact) mass is 331 g/mol. The summed E-state index contributed by atoms with van der Waals surface area (Å²) in [5, 5.41) is 13.8. The van der Waals surface area contributed by atoms with Gasteiger partial charge in [0.25, 0.3) is 0 Å². The lowest BCUT2D eigenvalue weighted by Crippen LogP contribution is -2.18. The van der Waals surface area contributed by atoms with Gasteiger partial charge in [-0.2, -0.15) is 5.26 Å².